The molecule has 3 aromatic rings. The average Bonchev–Trinajstić information content (AvgIpc) is 3.11. The molecule has 0 saturated heterocycles. The molecule has 0 fully saturated rings. The second kappa shape index (κ2) is 8.26. The van der Waals surface area contributed by atoms with Crippen LogP contribution < -0.4 is 10.6 Å². The standard InChI is InChI=1S/C19H18FN3O3/c20-18-4-2-1-3-17(18)19-10-9-16(26-19)13-21-11-12-22-14-5-7-15(8-6-14)23(24)25/h1-10,21-22H,11-13H2/p+1. The van der Waals surface area contributed by atoms with E-state index >= 15 is 0 Å². The Kier molecular flexibility index (Phi) is 5.60. The van der Waals surface area contributed by atoms with E-state index in [0.29, 0.717) is 24.4 Å². The summed E-state index contributed by atoms with van der Waals surface area (Å²) in [7, 11) is 0. The maximum atomic E-state index is 13.8. The molecule has 1 aromatic heterocycles. The Morgan fingerprint density at radius 1 is 1.08 bits per heavy atom. The first-order chi connectivity index (χ1) is 12.6. The Labute approximate surface area is 149 Å². The van der Waals surface area contributed by atoms with Crippen LogP contribution in [0.2, 0.25) is 0 Å². The summed E-state index contributed by atoms with van der Waals surface area (Å²) in [6.45, 7) is 2.15. The molecule has 26 heavy (non-hydrogen) atoms. The molecule has 0 radical (unpaired) electrons. The smallest absolute Gasteiger partial charge is 0.269 e. The molecule has 6 nitrogen and oxygen atoms in total. The highest BCUT2D eigenvalue weighted by atomic mass is 19.1. The molecule has 3 rings (SSSR count). The average molecular weight is 356 g/mol. The predicted molar refractivity (Wildman–Crippen MR) is 96.2 cm³/mol. The van der Waals surface area contributed by atoms with Crippen molar-refractivity contribution in [2.24, 2.45) is 0 Å². The van der Waals surface area contributed by atoms with Crippen molar-refractivity contribution in [2.45, 2.75) is 6.54 Å². The van der Waals surface area contributed by atoms with Gasteiger partial charge in [0.25, 0.3) is 5.69 Å². The number of benzene rings is 2. The van der Waals surface area contributed by atoms with Gasteiger partial charge in [-0.15, -0.1) is 0 Å². The quantitative estimate of drug-likeness (QED) is 0.369. The number of rotatable bonds is 8. The summed E-state index contributed by atoms with van der Waals surface area (Å²) in [5, 5.41) is 15.9. The Hall–Kier alpha value is -3.19. The van der Waals surface area contributed by atoms with Crippen molar-refractivity contribution >= 4 is 11.4 Å². The van der Waals surface area contributed by atoms with Gasteiger partial charge in [-0.25, -0.2) is 4.39 Å². The topological polar surface area (TPSA) is 84.9 Å². The zero-order chi connectivity index (χ0) is 18.4. The summed E-state index contributed by atoms with van der Waals surface area (Å²) in [4.78, 5) is 10.2. The van der Waals surface area contributed by atoms with Crippen LogP contribution in [-0.2, 0) is 6.54 Å². The Morgan fingerprint density at radius 3 is 2.58 bits per heavy atom. The van der Waals surface area contributed by atoms with Crippen molar-refractivity contribution in [3.8, 4) is 11.3 Å². The van der Waals surface area contributed by atoms with Gasteiger partial charge in [-0.1, -0.05) is 12.1 Å². The third-order valence-corrected chi connectivity index (χ3v) is 3.90. The van der Waals surface area contributed by atoms with Crippen molar-refractivity contribution in [1.29, 1.82) is 0 Å². The van der Waals surface area contributed by atoms with Crippen LogP contribution in [0, 0.1) is 15.9 Å². The van der Waals surface area contributed by atoms with E-state index in [1.165, 1.54) is 18.2 Å². The number of anilines is 1. The van der Waals surface area contributed by atoms with Gasteiger partial charge >= 0.3 is 0 Å². The second-order valence-corrected chi connectivity index (χ2v) is 5.76. The molecular weight excluding hydrogens is 337 g/mol. The molecule has 0 bridgehead atoms. The minimum absolute atomic E-state index is 0.0746. The molecule has 0 unspecified atom stereocenters. The van der Waals surface area contributed by atoms with Gasteiger partial charge in [0.15, 0.2) is 5.76 Å². The number of nitrogens with one attached hydrogen (secondary N) is 1. The van der Waals surface area contributed by atoms with Gasteiger partial charge in [-0.3, -0.25) is 10.1 Å². The van der Waals surface area contributed by atoms with Crippen LogP contribution in [0.1, 0.15) is 5.76 Å². The number of nitrogens with zero attached hydrogens (tertiary/aromatic N) is 1. The van der Waals surface area contributed by atoms with E-state index in [0.717, 1.165) is 18.0 Å². The number of quaternary nitrogens is 1. The molecule has 0 saturated carbocycles. The monoisotopic (exact) mass is 356 g/mol. The molecule has 0 atom stereocenters. The molecule has 0 amide bonds. The maximum absolute atomic E-state index is 13.8. The summed E-state index contributed by atoms with van der Waals surface area (Å²) in [6, 6.07) is 16.5. The number of hydrogen-bond acceptors (Lipinski definition) is 4. The van der Waals surface area contributed by atoms with Gasteiger partial charge in [0.05, 0.1) is 23.6 Å². The fourth-order valence-corrected chi connectivity index (χ4v) is 2.56. The van der Waals surface area contributed by atoms with Crippen LogP contribution in [0.5, 0.6) is 0 Å². The minimum atomic E-state index is -0.420. The first kappa shape index (κ1) is 17.6. The molecular formula is C19H19FN3O3+. The molecule has 7 heteroatoms. The molecule has 3 N–H and O–H groups in total. The lowest BCUT2D eigenvalue weighted by molar-refractivity contribution is -0.669. The van der Waals surface area contributed by atoms with Crippen LogP contribution in [0.4, 0.5) is 15.8 Å². The summed E-state index contributed by atoms with van der Waals surface area (Å²) >= 11 is 0. The number of non-ortho nitro benzene ring substituents is 1. The summed E-state index contributed by atoms with van der Waals surface area (Å²) in [5.74, 6) is 0.999. The third-order valence-electron chi connectivity index (χ3n) is 3.90. The van der Waals surface area contributed by atoms with E-state index in [-0.39, 0.29) is 11.5 Å². The first-order valence-electron chi connectivity index (χ1n) is 8.27. The molecule has 0 aliphatic rings. The third kappa shape index (κ3) is 4.46. The van der Waals surface area contributed by atoms with Crippen molar-refractivity contribution < 1.29 is 19.0 Å². The number of nitrogens with two attached hydrogens (primary N) is 1. The maximum Gasteiger partial charge on any atom is 0.269 e. The summed E-state index contributed by atoms with van der Waals surface area (Å²) in [5.41, 5.74) is 1.37. The number of halogens is 1. The highest BCUT2D eigenvalue weighted by molar-refractivity contribution is 5.58. The molecule has 134 valence electrons. The van der Waals surface area contributed by atoms with E-state index in [2.05, 4.69) is 10.6 Å². The normalized spacial score (nSPS) is 10.7. The zero-order valence-electron chi connectivity index (χ0n) is 14.0. The lowest BCUT2D eigenvalue weighted by Gasteiger charge is -2.05. The molecule has 2 aromatic carbocycles. The SMILES string of the molecule is O=[N+]([O-])c1ccc(NCC[NH2+]Cc2ccc(-c3ccccc3F)o2)cc1. The van der Waals surface area contributed by atoms with E-state index < -0.39 is 4.92 Å². The number of nitro benzene ring substituents is 1. The van der Waals surface area contributed by atoms with Crippen molar-refractivity contribution in [1.82, 2.24) is 0 Å². The molecule has 0 aliphatic carbocycles. The van der Waals surface area contributed by atoms with Crippen LogP contribution in [0.25, 0.3) is 11.3 Å². The van der Waals surface area contributed by atoms with Crippen LogP contribution in [-0.4, -0.2) is 18.0 Å². The van der Waals surface area contributed by atoms with E-state index in [1.807, 2.05) is 6.07 Å². The van der Waals surface area contributed by atoms with Crippen LogP contribution in [0.15, 0.2) is 65.1 Å². The molecule has 1 heterocycles. The van der Waals surface area contributed by atoms with Crippen molar-refractivity contribution in [3.63, 3.8) is 0 Å². The fourth-order valence-electron chi connectivity index (χ4n) is 2.56. The number of furan rings is 1. The van der Waals surface area contributed by atoms with Crippen LogP contribution >= 0.6 is 0 Å². The lowest BCUT2D eigenvalue weighted by atomic mass is 10.1. The summed E-state index contributed by atoms with van der Waals surface area (Å²) in [6.07, 6.45) is 0. The van der Waals surface area contributed by atoms with Crippen molar-refractivity contribution in [2.75, 3.05) is 18.4 Å². The largest absolute Gasteiger partial charge is 0.455 e. The number of hydrogen-bond donors (Lipinski definition) is 2. The summed E-state index contributed by atoms with van der Waals surface area (Å²) < 4.78 is 19.4. The Balaban J connectivity index is 1.43. The lowest BCUT2D eigenvalue weighted by Crippen LogP contribution is -2.83. The second-order valence-electron chi connectivity index (χ2n) is 5.76. The van der Waals surface area contributed by atoms with E-state index in [9.17, 15) is 14.5 Å². The minimum Gasteiger partial charge on any atom is -0.455 e. The van der Waals surface area contributed by atoms with Gasteiger partial charge in [-0.2, -0.15) is 0 Å². The van der Waals surface area contributed by atoms with Gasteiger partial charge in [-0.05, 0) is 36.4 Å². The van der Waals surface area contributed by atoms with Gasteiger partial charge in [0.2, 0.25) is 0 Å². The molecule has 0 spiro atoms. The predicted octanol–water partition coefficient (Wildman–Crippen LogP) is 3.17. The zero-order valence-corrected chi connectivity index (χ0v) is 14.0. The highest BCUT2D eigenvalue weighted by Crippen LogP contribution is 2.24. The van der Waals surface area contributed by atoms with E-state index in [4.69, 9.17) is 4.42 Å². The highest BCUT2D eigenvalue weighted by Gasteiger charge is 2.09. The van der Waals surface area contributed by atoms with Gasteiger partial charge in [0, 0.05) is 17.8 Å². The number of nitro groups is 1. The fraction of sp³-hybridized carbons (Fsp3) is 0.158. The van der Waals surface area contributed by atoms with Gasteiger partial charge in [0.1, 0.15) is 18.1 Å². The Morgan fingerprint density at radius 2 is 1.85 bits per heavy atom. The Bertz CT molecular complexity index is 878. The van der Waals surface area contributed by atoms with Gasteiger partial charge < -0.3 is 15.1 Å². The van der Waals surface area contributed by atoms with Crippen molar-refractivity contribution in [3.05, 3.63) is 82.4 Å². The molecule has 0 aliphatic heterocycles. The van der Waals surface area contributed by atoms with E-state index in [1.54, 1.807) is 36.4 Å². The van der Waals surface area contributed by atoms with Crippen LogP contribution in [0.3, 0.4) is 0 Å². The first-order valence-corrected chi connectivity index (χ1v) is 8.27.